The lowest BCUT2D eigenvalue weighted by Gasteiger charge is -2.06. The summed E-state index contributed by atoms with van der Waals surface area (Å²) in [5, 5.41) is 1.37. The summed E-state index contributed by atoms with van der Waals surface area (Å²) in [4.78, 5) is 0. The first-order chi connectivity index (χ1) is 8.26. The monoisotopic (exact) mass is 266 g/mol. The van der Waals surface area contributed by atoms with Crippen LogP contribution in [0.4, 0.5) is 0 Å². The van der Waals surface area contributed by atoms with Crippen LogP contribution in [-0.4, -0.2) is 10.6 Å². The zero-order valence-corrected chi connectivity index (χ0v) is 12.0. The molecule has 1 aromatic carbocycles. The second-order valence-corrected chi connectivity index (χ2v) is 4.74. The third-order valence-corrected chi connectivity index (χ3v) is 3.34. The maximum atomic E-state index is 6.07. The van der Waals surface area contributed by atoms with Crippen LogP contribution in [-0.2, 0) is 13.0 Å². The third-order valence-electron chi connectivity index (χ3n) is 3.34. The van der Waals surface area contributed by atoms with Gasteiger partial charge < -0.3 is 10.3 Å². The fourth-order valence-corrected chi connectivity index (χ4v) is 2.34. The molecule has 1 unspecified atom stereocenters. The molecule has 0 aliphatic carbocycles. The number of rotatable bonds is 5. The average Bonchev–Trinajstić information content (AvgIpc) is 2.69. The number of nitrogens with two attached hydrogens (primary N) is 1. The molecule has 2 nitrogen and oxygen atoms in total. The standard InChI is InChI=1S/C15H22N2.ClH/c1-3-9-17-11-12(10-13(16)4-2)14-7-5-6-8-15(14)17;/h5-8,11,13H,3-4,9-10,16H2,1-2H3;1H. The first-order valence-corrected chi connectivity index (χ1v) is 6.58. The topological polar surface area (TPSA) is 30.9 Å². The van der Waals surface area contributed by atoms with E-state index < -0.39 is 0 Å². The molecule has 1 aromatic heterocycles. The molecule has 1 atom stereocenters. The van der Waals surface area contributed by atoms with Crippen molar-refractivity contribution in [3.05, 3.63) is 36.0 Å². The van der Waals surface area contributed by atoms with Crippen LogP contribution < -0.4 is 5.73 Å². The van der Waals surface area contributed by atoms with Gasteiger partial charge in [-0.25, -0.2) is 0 Å². The highest BCUT2D eigenvalue weighted by Crippen LogP contribution is 2.23. The lowest BCUT2D eigenvalue weighted by molar-refractivity contribution is 0.643. The molecule has 100 valence electrons. The van der Waals surface area contributed by atoms with Crippen molar-refractivity contribution in [3.8, 4) is 0 Å². The van der Waals surface area contributed by atoms with E-state index in [0.29, 0.717) is 0 Å². The van der Waals surface area contributed by atoms with Gasteiger partial charge in [-0.15, -0.1) is 12.4 Å². The number of para-hydroxylation sites is 1. The van der Waals surface area contributed by atoms with Gasteiger partial charge in [-0.05, 0) is 30.9 Å². The molecule has 0 spiro atoms. The molecule has 0 radical (unpaired) electrons. The molecule has 0 bridgehead atoms. The maximum Gasteiger partial charge on any atom is 0.0483 e. The smallest absolute Gasteiger partial charge is 0.0483 e. The highest BCUT2D eigenvalue weighted by molar-refractivity contribution is 5.85. The second kappa shape index (κ2) is 6.81. The van der Waals surface area contributed by atoms with Crippen molar-refractivity contribution in [3.63, 3.8) is 0 Å². The molecule has 0 fully saturated rings. The van der Waals surface area contributed by atoms with Gasteiger partial charge in [0.2, 0.25) is 0 Å². The molecule has 0 aliphatic rings. The van der Waals surface area contributed by atoms with E-state index in [-0.39, 0.29) is 18.4 Å². The third kappa shape index (κ3) is 3.06. The van der Waals surface area contributed by atoms with Gasteiger partial charge >= 0.3 is 0 Å². The molecule has 0 saturated heterocycles. The largest absolute Gasteiger partial charge is 0.347 e. The Morgan fingerprint density at radius 3 is 2.61 bits per heavy atom. The summed E-state index contributed by atoms with van der Waals surface area (Å²) < 4.78 is 2.35. The van der Waals surface area contributed by atoms with Gasteiger partial charge in [-0.1, -0.05) is 32.0 Å². The van der Waals surface area contributed by atoms with Crippen molar-refractivity contribution in [2.45, 2.75) is 45.7 Å². The summed E-state index contributed by atoms with van der Waals surface area (Å²) in [6, 6.07) is 8.90. The molecule has 18 heavy (non-hydrogen) atoms. The molecule has 2 rings (SSSR count). The molecule has 0 amide bonds. The summed E-state index contributed by atoms with van der Waals surface area (Å²) in [6.07, 6.45) is 5.46. The van der Waals surface area contributed by atoms with Crippen LogP contribution in [0.2, 0.25) is 0 Å². The van der Waals surface area contributed by atoms with Crippen molar-refractivity contribution in [1.82, 2.24) is 4.57 Å². The maximum absolute atomic E-state index is 6.07. The van der Waals surface area contributed by atoms with E-state index in [9.17, 15) is 0 Å². The number of hydrogen-bond donors (Lipinski definition) is 1. The minimum absolute atomic E-state index is 0. The fourth-order valence-electron chi connectivity index (χ4n) is 2.34. The van der Waals surface area contributed by atoms with E-state index in [2.05, 4.69) is 48.9 Å². The van der Waals surface area contributed by atoms with E-state index in [0.717, 1.165) is 25.8 Å². The predicted octanol–water partition coefficient (Wildman–Crippen LogP) is 3.75. The first kappa shape index (κ1) is 15.1. The average molecular weight is 267 g/mol. The zero-order chi connectivity index (χ0) is 12.3. The SMILES string of the molecule is CCCn1cc(CC(N)CC)c2ccccc21.Cl. The van der Waals surface area contributed by atoms with Gasteiger partial charge in [0.1, 0.15) is 0 Å². The van der Waals surface area contributed by atoms with Crippen LogP contribution in [0.15, 0.2) is 30.5 Å². The molecule has 3 heteroatoms. The lowest BCUT2D eigenvalue weighted by Crippen LogP contribution is -2.21. The zero-order valence-electron chi connectivity index (χ0n) is 11.2. The van der Waals surface area contributed by atoms with E-state index in [4.69, 9.17) is 5.73 Å². The quantitative estimate of drug-likeness (QED) is 0.878. The van der Waals surface area contributed by atoms with E-state index in [1.807, 2.05) is 0 Å². The summed E-state index contributed by atoms with van der Waals surface area (Å²) in [6.45, 7) is 5.45. The summed E-state index contributed by atoms with van der Waals surface area (Å²) in [5.74, 6) is 0. The van der Waals surface area contributed by atoms with Crippen molar-refractivity contribution < 1.29 is 0 Å². The molecule has 1 heterocycles. The summed E-state index contributed by atoms with van der Waals surface area (Å²) in [5.41, 5.74) is 8.80. The van der Waals surface area contributed by atoms with Crippen molar-refractivity contribution >= 4 is 23.3 Å². The molecule has 2 aromatic rings. The fraction of sp³-hybridized carbons (Fsp3) is 0.467. The molecular formula is C15H23ClN2. The van der Waals surface area contributed by atoms with Gasteiger partial charge in [0.05, 0.1) is 0 Å². The van der Waals surface area contributed by atoms with Gasteiger partial charge in [0.15, 0.2) is 0 Å². The van der Waals surface area contributed by atoms with E-state index in [1.165, 1.54) is 16.5 Å². The second-order valence-electron chi connectivity index (χ2n) is 4.74. The number of hydrogen-bond acceptors (Lipinski definition) is 1. The Morgan fingerprint density at radius 2 is 1.94 bits per heavy atom. The highest BCUT2D eigenvalue weighted by atomic mass is 35.5. The summed E-state index contributed by atoms with van der Waals surface area (Å²) >= 11 is 0. The number of fused-ring (bicyclic) bond motifs is 1. The van der Waals surface area contributed by atoms with Crippen LogP contribution in [0.25, 0.3) is 10.9 Å². The van der Waals surface area contributed by atoms with Gasteiger partial charge in [-0.2, -0.15) is 0 Å². The van der Waals surface area contributed by atoms with Crippen LogP contribution in [0.1, 0.15) is 32.3 Å². The summed E-state index contributed by atoms with van der Waals surface area (Å²) in [7, 11) is 0. The molecule has 0 aliphatic heterocycles. The van der Waals surface area contributed by atoms with Crippen molar-refractivity contribution in [2.24, 2.45) is 5.73 Å². The Hall–Kier alpha value is -0.990. The number of benzene rings is 1. The van der Waals surface area contributed by atoms with Crippen LogP contribution in [0, 0.1) is 0 Å². The van der Waals surface area contributed by atoms with Gasteiger partial charge in [0.25, 0.3) is 0 Å². The number of aromatic nitrogens is 1. The van der Waals surface area contributed by atoms with Crippen molar-refractivity contribution in [1.29, 1.82) is 0 Å². The molecule has 0 saturated carbocycles. The van der Waals surface area contributed by atoms with Crippen molar-refractivity contribution in [2.75, 3.05) is 0 Å². The van der Waals surface area contributed by atoms with Crippen LogP contribution in [0.5, 0.6) is 0 Å². The van der Waals surface area contributed by atoms with E-state index in [1.54, 1.807) is 0 Å². The Labute approximate surface area is 116 Å². The minimum Gasteiger partial charge on any atom is -0.347 e. The minimum atomic E-state index is 0. The first-order valence-electron chi connectivity index (χ1n) is 6.58. The Morgan fingerprint density at radius 1 is 1.22 bits per heavy atom. The Kier molecular flexibility index (Phi) is 5.70. The van der Waals surface area contributed by atoms with E-state index >= 15 is 0 Å². The highest BCUT2D eigenvalue weighted by Gasteiger charge is 2.09. The Balaban J connectivity index is 0.00000162. The molecular weight excluding hydrogens is 244 g/mol. The Bertz CT molecular complexity index is 490. The predicted molar refractivity (Wildman–Crippen MR) is 81.4 cm³/mol. The normalized spacial score (nSPS) is 12.4. The number of aryl methyl sites for hydroxylation is 1. The lowest BCUT2D eigenvalue weighted by atomic mass is 10.0. The van der Waals surface area contributed by atoms with Crippen LogP contribution >= 0.6 is 12.4 Å². The van der Waals surface area contributed by atoms with Crippen LogP contribution in [0.3, 0.4) is 0 Å². The number of halogens is 1. The van der Waals surface area contributed by atoms with Gasteiger partial charge in [-0.3, -0.25) is 0 Å². The molecule has 2 N–H and O–H groups in total. The van der Waals surface area contributed by atoms with Gasteiger partial charge in [0, 0.05) is 29.7 Å². The number of nitrogens with zero attached hydrogens (tertiary/aromatic N) is 1.